The van der Waals surface area contributed by atoms with E-state index < -0.39 is 18.0 Å². The maximum Gasteiger partial charge on any atom is 0.344 e. The second-order valence-corrected chi connectivity index (χ2v) is 6.98. The molecule has 0 saturated carbocycles. The van der Waals surface area contributed by atoms with Gasteiger partial charge in [0.05, 0.1) is 5.69 Å². The summed E-state index contributed by atoms with van der Waals surface area (Å²) in [5.41, 5.74) is 2.59. The molecule has 2 rings (SSSR count). The summed E-state index contributed by atoms with van der Waals surface area (Å²) in [6.07, 6.45) is -0.943. The Morgan fingerprint density at radius 3 is 2.19 bits per heavy atom. The van der Waals surface area contributed by atoms with Gasteiger partial charge in [0.15, 0.2) is 11.9 Å². The number of benzene rings is 1. The minimum atomic E-state index is -0.943. The predicted octanol–water partition coefficient (Wildman–Crippen LogP) is 4.41. The van der Waals surface area contributed by atoms with Gasteiger partial charge in [0, 0.05) is 11.6 Å². The van der Waals surface area contributed by atoms with Gasteiger partial charge in [0.1, 0.15) is 5.56 Å². The molecular weight excluding hydrogens is 332 g/mol. The van der Waals surface area contributed by atoms with E-state index in [1.165, 1.54) is 12.5 Å². The number of aromatic nitrogens is 1. The van der Waals surface area contributed by atoms with Gasteiger partial charge in [-0.3, -0.25) is 4.79 Å². The molecule has 1 aromatic heterocycles. The van der Waals surface area contributed by atoms with Gasteiger partial charge >= 0.3 is 5.97 Å². The van der Waals surface area contributed by atoms with Crippen molar-refractivity contribution in [3.8, 4) is 0 Å². The quantitative estimate of drug-likeness (QED) is 0.773. The van der Waals surface area contributed by atoms with Crippen molar-refractivity contribution >= 4 is 17.6 Å². The van der Waals surface area contributed by atoms with Crippen molar-refractivity contribution in [3.05, 3.63) is 46.8 Å². The van der Waals surface area contributed by atoms with Crippen molar-refractivity contribution in [1.29, 1.82) is 0 Å². The fourth-order valence-corrected chi connectivity index (χ4v) is 2.50. The molecule has 1 aromatic carbocycles. The molecule has 0 spiro atoms. The van der Waals surface area contributed by atoms with Gasteiger partial charge in [0.2, 0.25) is 0 Å². The molecule has 0 aliphatic carbocycles. The molecule has 6 heteroatoms. The van der Waals surface area contributed by atoms with Crippen LogP contribution < -0.4 is 5.32 Å². The number of anilines is 1. The Morgan fingerprint density at radius 2 is 1.65 bits per heavy atom. The SMILES string of the molecule is Cc1noc(C(C)C)c1C(=O)O[C@H](C)C(=O)Nc1ccc(C(C)C)cc1. The highest BCUT2D eigenvalue weighted by Crippen LogP contribution is 2.23. The Balaban J connectivity index is 2.02. The van der Waals surface area contributed by atoms with Gasteiger partial charge in [-0.05, 0) is 37.5 Å². The minimum Gasteiger partial charge on any atom is -0.449 e. The van der Waals surface area contributed by atoms with Crippen LogP contribution in [-0.4, -0.2) is 23.1 Å². The van der Waals surface area contributed by atoms with E-state index in [2.05, 4.69) is 24.3 Å². The summed E-state index contributed by atoms with van der Waals surface area (Å²) < 4.78 is 10.5. The van der Waals surface area contributed by atoms with Crippen LogP contribution in [0.4, 0.5) is 5.69 Å². The lowest BCUT2D eigenvalue weighted by atomic mass is 10.0. The fourth-order valence-electron chi connectivity index (χ4n) is 2.50. The number of ether oxygens (including phenoxy) is 1. The van der Waals surface area contributed by atoms with E-state index in [1.54, 1.807) is 6.92 Å². The summed E-state index contributed by atoms with van der Waals surface area (Å²) in [6.45, 7) is 11.2. The summed E-state index contributed by atoms with van der Waals surface area (Å²) in [4.78, 5) is 24.7. The van der Waals surface area contributed by atoms with Crippen molar-refractivity contribution in [1.82, 2.24) is 5.16 Å². The monoisotopic (exact) mass is 358 g/mol. The highest BCUT2D eigenvalue weighted by atomic mass is 16.5. The third-order valence-corrected chi connectivity index (χ3v) is 4.12. The topological polar surface area (TPSA) is 81.4 Å². The third-order valence-electron chi connectivity index (χ3n) is 4.12. The molecule has 0 radical (unpaired) electrons. The van der Waals surface area contributed by atoms with Crippen LogP contribution in [0.15, 0.2) is 28.8 Å². The molecule has 2 aromatic rings. The third kappa shape index (κ3) is 4.50. The number of rotatable bonds is 6. The summed E-state index contributed by atoms with van der Waals surface area (Å²) in [7, 11) is 0. The zero-order valence-electron chi connectivity index (χ0n) is 16.1. The Bertz CT molecular complexity index is 776. The Hall–Kier alpha value is -2.63. The molecule has 0 bridgehead atoms. The lowest BCUT2D eigenvalue weighted by Gasteiger charge is -2.14. The fraction of sp³-hybridized carbons (Fsp3) is 0.450. The number of esters is 1. The molecule has 1 atom stereocenters. The number of carbonyl (C=O) groups is 2. The molecule has 6 nitrogen and oxygen atoms in total. The molecule has 140 valence electrons. The van der Waals surface area contributed by atoms with Gasteiger partial charge in [-0.2, -0.15) is 0 Å². The Labute approximate surface area is 153 Å². The van der Waals surface area contributed by atoms with Crippen molar-refractivity contribution in [2.45, 2.75) is 59.5 Å². The average molecular weight is 358 g/mol. The zero-order valence-corrected chi connectivity index (χ0v) is 16.1. The highest BCUT2D eigenvalue weighted by molar-refractivity contribution is 5.98. The van der Waals surface area contributed by atoms with E-state index in [9.17, 15) is 9.59 Å². The standard InChI is InChI=1S/C20H26N2O4/c1-11(2)15-7-9-16(10-8-15)21-19(23)14(6)25-20(24)17-13(5)22-26-18(17)12(3)4/h7-12,14H,1-6H3,(H,21,23)/t14-/m1/s1. The normalized spacial score (nSPS) is 12.3. The van der Waals surface area contributed by atoms with Crippen molar-refractivity contribution in [3.63, 3.8) is 0 Å². The predicted molar refractivity (Wildman–Crippen MR) is 99.4 cm³/mol. The molecule has 0 aliphatic rings. The first-order valence-electron chi connectivity index (χ1n) is 8.78. The van der Waals surface area contributed by atoms with Crippen molar-refractivity contribution in [2.24, 2.45) is 0 Å². The number of amides is 1. The lowest BCUT2D eigenvalue weighted by Crippen LogP contribution is -2.30. The van der Waals surface area contributed by atoms with E-state index in [1.807, 2.05) is 38.1 Å². The highest BCUT2D eigenvalue weighted by Gasteiger charge is 2.27. The molecule has 1 amide bonds. The molecule has 0 aliphatic heterocycles. The van der Waals surface area contributed by atoms with Gasteiger partial charge in [-0.25, -0.2) is 4.79 Å². The molecule has 1 heterocycles. The number of nitrogens with zero attached hydrogens (tertiary/aromatic N) is 1. The number of aryl methyl sites for hydroxylation is 1. The van der Waals surface area contributed by atoms with Crippen LogP contribution in [0.5, 0.6) is 0 Å². The summed E-state index contributed by atoms with van der Waals surface area (Å²) >= 11 is 0. The number of hydrogen-bond donors (Lipinski definition) is 1. The van der Waals surface area contributed by atoms with Crippen LogP contribution in [0.3, 0.4) is 0 Å². The first kappa shape index (κ1) is 19.7. The molecule has 26 heavy (non-hydrogen) atoms. The van der Waals surface area contributed by atoms with Crippen LogP contribution in [-0.2, 0) is 9.53 Å². The molecular formula is C20H26N2O4. The van der Waals surface area contributed by atoms with E-state index in [4.69, 9.17) is 9.26 Å². The van der Waals surface area contributed by atoms with Crippen molar-refractivity contribution in [2.75, 3.05) is 5.32 Å². The molecule has 0 unspecified atom stereocenters. The number of nitrogens with one attached hydrogen (secondary N) is 1. The minimum absolute atomic E-state index is 0.0117. The summed E-state index contributed by atoms with van der Waals surface area (Å²) in [5, 5.41) is 6.58. The maximum atomic E-state index is 12.4. The van der Waals surface area contributed by atoms with Crippen LogP contribution in [0, 0.1) is 6.92 Å². The summed E-state index contributed by atoms with van der Waals surface area (Å²) in [6, 6.07) is 7.60. The zero-order chi connectivity index (χ0) is 19.4. The van der Waals surface area contributed by atoms with Gasteiger partial charge < -0.3 is 14.6 Å². The smallest absolute Gasteiger partial charge is 0.344 e. The van der Waals surface area contributed by atoms with E-state index >= 15 is 0 Å². The maximum absolute atomic E-state index is 12.4. The van der Waals surface area contributed by atoms with Crippen LogP contribution in [0.2, 0.25) is 0 Å². The Kier molecular flexibility index (Phi) is 6.18. The lowest BCUT2D eigenvalue weighted by molar-refractivity contribution is -0.123. The van der Waals surface area contributed by atoms with E-state index in [0.29, 0.717) is 28.6 Å². The first-order valence-corrected chi connectivity index (χ1v) is 8.78. The molecule has 0 fully saturated rings. The molecule has 1 N–H and O–H groups in total. The first-order chi connectivity index (χ1) is 12.2. The van der Waals surface area contributed by atoms with Crippen LogP contribution >= 0.6 is 0 Å². The van der Waals surface area contributed by atoms with Crippen LogP contribution in [0.1, 0.15) is 73.8 Å². The second-order valence-electron chi connectivity index (χ2n) is 6.98. The number of hydrogen-bond acceptors (Lipinski definition) is 5. The van der Waals surface area contributed by atoms with E-state index in [0.717, 1.165) is 0 Å². The van der Waals surface area contributed by atoms with Gasteiger partial charge in [-0.1, -0.05) is 45.0 Å². The summed E-state index contributed by atoms with van der Waals surface area (Å²) in [5.74, 6) is -0.130. The van der Waals surface area contributed by atoms with E-state index in [-0.39, 0.29) is 5.92 Å². The second kappa shape index (κ2) is 8.17. The van der Waals surface area contributed by atoms with Crippen molar-refractivity contribution < 1.29 is 18.8 Å². The van der Waals surface area contributed by atoms with Gasteiger partial charge in [-0.15, -0.1) is 0 Å². The largest absolute Gasteiger partial charge is 0.449 e. The average Bonchev–Trinajstić information content (AvgIpc) is 2.97. The Morgan fingerprint density at radius 1 is 1.04 bits per heavy atom. The number of carbonyl (C=O) groups excluding carboxylic acids is 2. The van der Waals surface area contributed by atoms with Gasteiger partial charge in [0.25, 0.3) is 5.91 Å². The van der Waals surface area contributed by atoms with Crippen LogP contribution in [0.25, 0.3) is 0 Å². The molecule has 0 saturated heterocycles.